The Morgan fingerprint density at radius 2 is 1.80 bits per heavy atom. The predicted molar refractivity (Wildman–Crippen MR) is 41.8 cm³/mol. The summed E-state index contributed by atoms with van der Waals surface area (Å²) in [6.07, 6.45) is 3.83. The molecule has 10 heavy (non-hydrogen) atoms. The zero-order valence-electron chi connectivity index (χ0n) is 6.85. The monoisotopic (exact) mass is 140 g/mol. The molecule has 0 saturated heterocycles. The molecule has 2 N–H and O–H groups in total. The van der Waals surface area contributed by atoms with Crippen molar-refractivity contribution in [1.82, 2.24) is 4.90 Å². The molecule has 0 spiro atoms. The molecule has 3 aliphatic rings. The molecule has 0 unspecified atom stereocenters. The second kappa shape index (κ2) is 1.56. The van der Waals surface area contributed by atoms with Crippen LogP contribution in [0.5, 0.6) is 0 Å². The fraction of sp³-hybridized carbons (Fsp3) is 1.00. The molecule has 3 aliphatic carbocycles. The maximum Gasteiger partial charge on any atom is 0.0171 e. The lowest BCUT2D eigenvalue weighted by Crippen LogP contribution is -2.74. The predicted octanol–water partition coefficient (Wildman–Crippen LogP) is 0.429. The summed E-state index contributed by atoms with van der Waals surface area (Å²) in [5, 5.41) is 0. The van der Waals surface area contributed by atoms with Crippen molar-refractivity contribution < 1.29 is 0 Å². The van der Waals surface area contributed by atoms with Gasteiger partial charge in [-0.3, -0.25) is 0 Å². The van der Waals surface area contributed by atoms with E-state index in [0.717, 1.165) is 0 Å². The summed E-state index contributed by atoms with van der Waals surface area (Å²) in [6.45, 7) is 1.24. The smallest absolute Gasteiger partial charge is 0.0171 e. The van der Waals surface area contributed by atoms with Gasteiger partial charge in [-0.2, -0.15) is 0 Å². The Morgan fingerprint density at radius 3 is 2.10 bits per heavy atom. The average Bonchev–Trinajstić information content (AvgIpc) is 1.56. The van der Waals surface area contributed by atoms with Crippen molar-refractivity contribution in [2.45, 2.75) is 24.8 Å². The van der Waals surface area contributed by atoms with Crippen LogP contribution in [0.25, 0.3) is 0 Å². The second-order valence-corrected chi connectivity index (χ2v) is 4.63. The molecule has 0 radical (unpaired) electrons. The highest BCUT2D eigenvalue weighted by atomic mass is 15.1. The second-order valence-electron chi connectivity index (χ2n) is 4.63. The number of hydrogen-bond donors (Lipinski definition) is 1. The summed E-state index contributed by atoms with van der Waals surface area (Å²) in [6, 6.07) is 0. The molecule has 2 heteroatoms. The van der Waals surface area contributed by atoms with Gasteiger partial charge in [-0.1, -0.05) is 0 Å². The van der Waals surface area contributed by atoms with E-state index >= 15 is 0 Å². The van der Waals surface area contributed by atoms with Crippen LogP contribution in [-0.4, -0.2) is 31.1 Å². The molecule has 3 fully saturated rings. The van der Waals surface area contributed by atoms with Gasteiger partial charge in [0.15, 0.2) is 0 Å². The molecule has 0 aliphatic heterocycles. The van der Waals surface area contributed by atoms with Crippen LogP contribution in [0.3, 0.4) is 0 Å². The highest BCUT2D eigenvalue weighted by Crippen LogP contribution is 2.65. The molecule has 0 atom stereocenters. The van der Waals surface area contributed by atoms with Gasteiger partial charge < -0.3 is 10.6 Å². The maximum absolute atomic E-state index is 5.93. The Balaban J connectivity index is 1.87. The normalized spacial score (nSPS) is 50.4. The first-order valence-electron chi connectivity index (χ1n) is 3.97. The molecule has 2 nitrogen and oxygen atoms in total. The highest BCUT2D eigenvalue weighted by Gasteiger charge is 2.65. The minimum absolute atomic E-state index is 0.288. The first-order chi connectivity index (χ1) is 4.54. The fourth-order valence-corrected chi connectivity index (χ4v) is 2.92. The van der Waals surface area contributed by atoms with Gasteiger partial charge in [0, 0.05) is 12.1 Å². The third kappa shape index (κ3) is 0.722. The zero-order chi connectivity index (χ0) is 7.41. The Hall–Kier alpha value is -0.0800. The van der Waals surface area contributed by atoms with Crippen LogP contribution in [0.1, 0.15) is 19.3 Å². The van der Waals surface area contributed by atoms with Crippen molar-refractivity contribution in [3.05, 3.63) is 0 Å². The van der Waals surface area contributed by atoms with E-state index in [9.17, 15) is 0 Å². The van der Waals surface area contributed by atoms with Crippen LogP contribution in [0.2, 0.25) is 0 Å². The lowest BCUT2D eigenvalue weighted by atomic mass is 9.40. The molecular formula is C8H16N2. The molecule has 3 saturated carbocycles. The Morgan fingerprint density at radius 1 is 1.30 bits per heavy atom. The van der Waals surface area contributed by atoms with Crippen LogP contribution in [0, 0.1) is 5.41 Å². The number of hydrogen-bond acceptors (Lipinski definition) is 2. The molecule has 0 heterocycles. The minimum Gasteiger partial charge on any atom is -0.325 e. The number of rotatable bonds is 2. The largest absolute Gasteiger partial charge is 0.325 e. The Bertz CT molecular complexity index is 143. The van der Waals surface area contributed by atoms with Gasteiger partial charge >= 0.3 is 0 Å². The van der Waals surface area contributed by atoms with E-state index < -0.39 is 0 Å². The van der Waals surface area contributed by atoms with E-state index in [-0.39, 0.29) is 5.54 Å². The minimum atomic E-state index is 0.288. The standard InChI is InChI=1S/C8H16N2/c1-10(2)6-7-3-8(9,4-7)5-7/h3-6,9H2,1-2H3. The van der Waals surface area contributed by atoms with Crippen LogP contribution < -0.4 is 5.73 Å². The molecule has 58 valence electrons. The van der Waals surface area contributed by atoms with E-state index in [1.165, 1.54) is 25.8 Å². The summed E-state index contributed by atoms with van der Waals surface area (Å²) in [5.41, 5.74) is 6.87. The molecule has 0 amide bonds. The topological polar surface area (TPSA) is 29.3 Å². The van der Waals surface area contributed by atoms with Crippen molar-refractivity contribution in [2.24, 2.45) is 11.1 Å². The first kappa shape index (κ1) is 6.62. The molecule has 0 aromatic heterocycles. The van der Waals surface area contributed by atoms with Crippen LogP contribution in [0.15, 0.2) is 0 Å². The lowest BCUT2D eigenvalue weighted by molar-refractivity contribution is -0.141. The van der Waals surface area contributed by atoms with Gasteiger partial charge in [-0.15, -0.1) is 0 Å². The van der Waals surface area contributed by atoms with Gasteiger partial charge in [0.05, 0.1) is 0 Å². The third-order valence-corrected chi connectivity index (χ3v) is 2.83. The lowest BCUT2D eigenvalue weighted by Gasteiger charge is -2.69. The van der Waals surface area contributed by atoms with Crippen LogP contribution in [0.4, 0.5) is 0 Å². The van der Waals surface area contributed by atoms with Crippen molar-refractivity contribution in [1.29, 1.82) is 0 Å². The Labute approximate surface area is 62.4 Å². The maximum atomic E-state index is 5.93. The van der Waals surface area contributed by atoms with Crippen molar-refractivity contribution in [3.63, 3.8) is 0 Å². The molecule has 0 aromatic carbocycles. The summed E-state index contributed by atoms with van der Waals surface area (Å²) in [5.74, 6) is 0. The highest BCUT2D eigenvalue weighted by molar-refractivity contribution is 5.21. The van der Waals surface area contributed by atoms with E-state index in [0.29, 0.717) is 5.41 Å². The summed E-state index contributed by atoms with van der Waals surface area (Å²) in [4.78, 5) is 2.28. The number of nitrogens with zero attached hydrogens (tertiary/aromatic N) is 1. The molecule has 2 bridgehead atoms. The first-order valence-corrected chi connectivity index (χ1v) is 3.97. The van der Waals surface area contributed by atoms with Crippen LogP contribution in [-0.2, 0) is 0 Å². The van der Waals surface area contributed by atoms with E-state index in [2.05, 4.69) is 19.0 Å². The van der Waals surface area contributed by atoms with E-state index in [1.54, 1.807) is 0 Å². The van der Waals surface area contributed by atoms with Gasteiger partial charge in [0.2, 0.25) is 0 Å². The van der Waals surface area contributed by atoms with Crippen molar-refractivity contribution >= 4 is 0 Å². The van der Waals surface area contributed by atoms with Gasteiger partial charge in [0.25, 0.3) is 0 Å². The quantitative estimate of drug-likeness (QED) is 0.602. The molecular weight excluding hydrogens is 124 g/mol. The van der Waals surface area contributed by atoms with Gasteiger partial charge in [-0.05, 0) is 38.8 Å². The zero-order valence-corrected chi connectivity index (χ0v) is 6.85. The Kier molecular flexibility index (Phi) is 1.03. The van der Waals surface area contributed by atoms with E-state index in [4.69, 9.17) is 5.73 Å². The summed E-state index contributed by atoms with van der Waals surface area (Å²) >= 11 is 0. The SMILES string of the molecule is CN(C)CC12CC(N)(C1)C2. The van der Waals surface area contributed by atoms with Crippen LogP contribution >= 0.6 is 0 Å². The van der Waals surface area contributed by atoms with Gasteiger partial charge in [-0.25, -0.2) is 0 Å². The van der Waals surface area contributed by atoms with E-state index in [1.807, 2.05) is 0 Å². The van der Waals surface area contributed by atoms with Crippen molar-refractivity contribution in [2.75, 3.05) is 20.6 Å². The average molecular weight is 140 g/mol. The number of nitrogens with two attached hydrogens (primary N) is 1. The molecule has 0 aromatic rings. The third-order valence-electron chi connectivity index (χ3n) is 2.83. The summed E-state index contributed by atoms with van der Waals surface area (Å²) in [7, 11) is 4.28. The molecule has 3 rings (SSSR count). The van der Waals surface area contributed by atoms with Crippen molar-refractivity contribution in [3.8, 4) is 0 Å². The fourth-order valence-electron chi connectivity index (χ4n) is 2.92. The van der Waals surface area contributed by atoms with Gasteiger partial charge in [0.1, 0.15) is 0 Å². The summed E-state index contributed by atoms with van der Waals surface area (Å²) < 4.78 is 0.